The van der Waals surface area contributed by atoms with E-state index in [4.69, 9.17) is 4.74 Å². The van der Waals surface area contributed by atoms with Gasteiger partial charge in [-0.25, -0.2) is 0 Å². The largest absolute Gasteiger partial charge is 0.445 e. The smallest absolute Gasteiger partial charge is 0.325 e. The van der Waals surface area contributed by atoms with Crippen molar-refractivity contribution < 1.29 is 9.53 Å². The predicted octanol–water partition coefficient (Wildman–Crippen LogP) is 1.38. The number of esters is 1. The standard InChI is InChI=1S/C10H17NO2/c1-10(2,3)9-11-6-4-5-7(11)8(12)13-9/h7,9H,4-6H2,1-3H3/t7-,9?/m0/s1. The fourth-order valence-electron chi connectivity index (χ4n) is 2.25. The van der Waals surface area contributed by atoms with Crippen molar-refractivity contribution in [3.8, 4) is 0 Å². The monoisotopic (exact) mass is 183 g/mol. The molecule has 74 valence electrons. The first-order valence-electron chi connectivity index (χ1n) is 4.96. The van der Waals surface area contributed by atoms with Gasteiger partial charge in [0, 0.05) is 12.0 Å². The highest BCUT2D eigenvalue weighted by Gasteiger charge is 2.49. The number of ether oxygens (including phenoxy) is 1. The molecule has 13 heavy (non-hydrogen) atoms. The molecule has 2 aliphatic rings. The molecule has 2 rings (SSSR count). The van der Waals surface area contributed by atoms with Gasteiger partial charge in [0.2, 0.25) is 0 Å². The van der Waals surface area contributed by atoms with Crippen molar-refractivity contribution in [2.45, 2.75) is 45.9 Å². The van der Waals surface area contributed by atoms with E-state index >= 15 is 0 Å². The quantitative estimate of drug-likeness (QED) is 0.531. The molecule has 3 nitrogen and oxygen atoms in total. The first-order chi connectivity index (χ1) is 6.00. The summed E-state index contributed by atoms with van der Waals surface area (Å²) in [6.45, 7) is 7.36. The Balaban J connectivity index is 2.20. The molecule has 0 spiro atoms. The average Bonchev–Trinajstić information content (AvgIpc) is 2.51. The minimum absolute atomic E-state index is 0.00694. The second-order valence-corrected chi connectivity index (χ2v) is 5.05. The number of rotatable bonds is 0. The summed E-state index contributed by atoms with van der Waals surface area (Å²) in [6.07, 6.45) is 2.10. The molecule has 2 aliphatic heterocycles. The highest BCUT2D eigenvalue weighted by atomic mass is 16.6. The third-order valence-electron chi connectivity index (χ3n) is 2.84. The fourth-order valence-corrected chi connectivity index (χ4v) is 2.25. The van der Waals surface area contributed by atoms with Gasteiger partial charge >= 0.3 is 5.97 Å². The number of fused-ring (bicyclic) bond motifs is 1. The van der Waals surface area contributed by atoms with Gasteiger partial charge in [0.05, 0.1) is 0 Å². The molecule has 0 saturated carbocycles. The highest BCUT2D eigenvalue weighted by molar-refractivity contribution is 5.78. The molecule has 0 N–H and O–H groups in total. The van der Waals surface area contributed by atoms with Crippen LogP contribution in [0.25, 0.3) is 0 Å². The zero-order valence-electron chi connectivity index (χ0n) is 8.54. The lowest BCUT2D eigenvalue weighted by Gasteiger charge is -2.31. The second-order valence-electron chi connectivity index (χ2n) is 5.05. The lowest BCUT2D eigenvalue weighted by atomic mass is 9.93. The highest BCUT2D eigenvalue weighted by Crippen LogP contribution is 2.36. The molecule has 0 radical (unpaired) electrons. The molecule has 2 heterocycles. The summed E-state index contributed by atoms with van der Waals surface area (Å²) >= 11 is 0. The van der Waals surface area contributed by atoms with Crippen LogP contribution in [0.15, 0.2) is 0 Å². The van der Waals surface area contributed by atoms with Gasteiger partial charge in [-0.3, -0.25) is 9.69 Å². The Labute approximate surface area is 79.0 Å². The third kappa shape index (κ3) is 1.35. The number of hydrogen-bond donors (Lipinski definition) is 0. The van der Waals surface area contributed by atoms with E-state index in [2.05, 4.69) is 25.7 Å². The Morgan fingerprint density at radius 1 is 1.46 bits per heavy atom. The fraction of sp³-hybridized carbons (Fsp3) is 0.900. The summed E-state index contributed by atoms with van der Waals surface area (Å²) in [6, 6.07) is 0.0595. The molecule has 2 fully saturated rings. The van der Waals surface area contributed by atoms with Crippen molar-refractivity contribution in [1.29, 1.82) is 0 Å². The Kier molecular flexibility index (Phi) is 1.88. The van der Waals surface area contributed by atoms with E-state index < -0.39 is 0 Å². The Morgan fingerprint density at radius 2 is 2.15 bits per heavy atom. The lowest BCUT2D eigenvalue weighted by molar-refractivity contribution is -0.148. The lowest BCUT2D eigenvalue weighted by Crippen LogP contribution is -2.41. The summed E-state index contributed by atoms with van der Waals surface area (Å²) in [7, 11) is 0. The van der Waals surface area contributed by atoms with Crippen LogP contribution in [-0.2, 0) is 9.53 Å². The van der Waals surface area contributed by atoms with Gasteiger partial charge in [0.1, 0.15) is 6.04 Å². The van der Waals surface area contributed by atoms with E-state index in [1.165, 1.54) is 0 Å². The maximum atomic E-state index is 11.4. The van der Waals surface area contributed by atoms with E-state index in [9.17, 15) is 4.79 Å². The normalized spacial score (nSPS) is 34.8. The van der Waals surface area contributed by atoms with Gasteiger partial charge in [-0.1, -0.05) is 20.8 Å². The van der Waals surface area contributed by atoms with Gasteiger partial charge in [-0.05, 0) is 12.8 Å². The molecule has 2 atom stereocenters. The molecule has 0 aliphatic carbocycles. The predicted molar refractivity (Wildman–Crippen MR) is 49.1 cm³/mol. The zero-order chi connectivity index (χ0) is 9.64. The minimum atomic E-state index is -0.0163. The minimum Gasteiger partial charge on any atom is -0.445 e. The number of carbonyl (C=O) groups is 1. The van der Waals surface area contributed by atoms with Crippen molar-refractivity contribution in [3.05, 3.63) is 0 Å². The second kappa shape index (κ2) is 2.71. The van der Waals surface area contributed by atoms with Crippen LogP contribution in [0.2, 0.25) is 0 Å². The van der Waals surface area contributed by atoms with Crippen molar-refractivity contribution in [3.63, 3.8) is 0 Å². The number of carbonyl (C=O) groups excluding carboxylic acids is 1. The SMILES string of the molecule is CC(C)(C)C1OC(=O)[C@@H]2CCCN12. The van der Waals surface area contributed by atoms with Crippen LogP contribution in [0, 0.1) is 5.41 Å². The number of nitrogens with zero attached hydrogens (tertiary/aromatic N) is 1. The van der Waals surface area contributed by atoms with Crippen LogP contribution >= 0.6 is 0 Å². The average molecular weight is 183 g/mol. The molecule has 0 aromatic heterocycles. The topological polar surface area (TPSA) is 29.5 Å². The van der Waals surface area contributed by atoms with E-state index in [1.54, 1.807) is 0 Å². The van der Waals surface area contributed by atoms with E-state index in [1.807, 2.05) is 0 Å². The molecule has 0 amide bonds. The maximum Gasteiger partial charge on any atom is 0.325 e. The molecule has 1 unspecified atom stereocenters. The van der Waals surface area contributed by atoms with E-state index in [-0.39, 0.29) is 23.7 Å². The number of hydrogen-bond acceptors (Lipinski definition) is 3. The van der Waals surface area contributed by atoms with Crippen molar-refractivity contribution in [2.75, 3.05) is 6.54 Å². The van der Waals surface area contributed by atoms with Crippen molar-refractivity contribution in [1.82, 2.24) is 4.90 Å². The summed E-state index contributed by atoms with van der Waals surface area (Å²) in [4.78, 5) is 13.7. The van der Waals surface area contributed by atoms with Crippen molar-refractivity contribution in [2.24, 2.45) is 5.41 Å². The number of cyclic esters (lactones) is 1. The third-order valence-corrected chi connectivity index (χ3v) is 2.84. The summed E-state index contributed by atoms with van der Waals surface area (Å²) < 4.78 is 5.38. The van der Waals surface area contributed by atoms with Crippen LogP contribution in [0.4, 0.5) is 0 Å². The Morgan fingerprint density at radius 3 is 2.77 bits per heavy atom. The molecular formula is C10H17NO2. The molecule has 0 aromatic carbocycles. The van der Waals surface area contributed by atoms with Crippen LogP contribution in [0.1, 0.15) is 33.6 Å². The Hall–Kier alpha value is -0.570. The first kappa shape index (κ1) is 9.00. The maximum absolute atomic E-state index is 11.4. The molecule has 3 heteroatoms. The van der Waals surface area contributed by atoms with Crippen LogP contribution in [0.5, 0.6) is 0 Å². The summed E-state index contributed by atoms with van der Waals surface area (Å²) in [5, 5.41) is 0. The van der Waals surface area contributed by atoms with Gasteiger partial charge in [-0.2, -0.15) is 0 Å². The van der Waals surface area contributed by atoms with E-state index in [0.717, 1.165) is 19.4 Å². The van der Waals surface area contributed by atoms with Crippen LogP contribution in [-0.4, -0.2) is 29.7 Å². The van der Waals surface area contributed by atoms with Crippen LogP contribution in [0.3, 0.4) is 0 Å². The molecule has 0 aromatic rings. The van der Waals surface area contributed by atoms with Gasteiger partial charge in [-0.15, -0.1) is 0 Å². The molecule has 0 bridgehead atoms. The Bertz CT molecular complexity index is 232. The summed E-state index contributed by atoms with van der Waals surface area (Å²) in [5.74, 6) is -0.0163. The molecule has 2 saturated heterocycles. The first-order valence-corrected chi connectivity index (χ1v) is 4.96. The zero-order valence-corrected chi connectivity index (χ0v) is 8.54. The van der Waals surface area contributed by atoms with Gasteiger partial charge in [0.15, 0.2) is 6.23 Å². The molecular weight excluding hydrogens is 166 g/mol. The van der Waals surface area contributed by atoms with Crippen molar-refractivity contribution >= 4 is 5.97 Å². The van der Waals surface area contributed by atoms with E-state index in [0.29, 0.717) is 0 Å². The van der Waals surface area contributed by atoms with Gasteiger partial charge < -0.3 is 4.74 Å². The van der Waals surface area contributed by atoms with Crippen LogP contribution < -0.4 is 0 Å². The summed E-state index contributed by atoms with van der Waals surface area (Å²) in [5.41, 5.74) is 0.0365. The van der Waals surface area contributed by atoms with Gasteiger partial charge in [0.25, 0.3) is 0 Å².